The molecule has 0 bridgehead atoms. The number of hydrogen-bond acceptors (Lipinski definition) is 2. The second-order valence-corrected chi connectivity index (χ2v) is 5.95. The molecular weight excluding hydrogens is 239 g/mol. The Balaban J connectivity index is 1.78. The second-order valence-electron chi connectivity index (χ2n) is 5.95. The Morgan fingerprint density at radius 1 is 1.21 bits per heavy atom. The van der Waals surface area contributed by atoms with Crippen molar-refractivity contribution in [1.29, 1.82) is 0 Å². The molecule has 1 N–H and O–H groups in total. The number of hydrogen-bond donors (Lipinski definition) is 1. The molecule has 1 aliphatic carbocycles. The van der Waals surface area contributed by atoms with E-state index in [-0.39, 0.29) is 12.2 Å². The molecule has 19 heavy (non-hydrogen) atoms. The molecule has 1 unspecified atom stereocenters. The van der Waals surface area contributed by atoms with Crippen LogP contribution in [0.1, 0.15) is 37.3 Å². The van der Waals surface area contributed by atoms with Crippen LogP contribution in [0.3, 0.4) is 0 Å². The zero-order valence-corrected chi connectivity index (χ0v) is 11.4. The first-order chi connectivity index (χ1) is 9.33. The summed E-state index contributed by atoms with van der Waals surface area (Å²) in [6, 6.07) is 10.8. The molecule has 0 amide bonds. The molecule has 1 aromatic rings. The minimum atomic E-state index is -0.251. The molecule has 1 spiro atoms. The van der Waals surface area contributed by atoms with E-state index in [0.29, 0.717) is 12.6 Å². The summed E-state index contributed by atoms with van der Waals surface area (Å²) in [5.74, 6) is 0. The normalized spacial score (nSPS) is 26.9. The van der Waals surface area contributed by atoms with E-state index in [0.717, 1.165) is 13.1 Å². The van der Waals surface area contributed by atoms with E-state index in [1.807, 2.05) is 6.07 Å². The van der Waals surface area contributed by atoms with Crippen LogP contribution in [-0.4, -0.2) is 36.7 Å². The summed E-state index contributed by atoms with van der Waals surface area (Å²) in [6.07, 6.45) is 5.12. The summed E-state index contributed by atoms with van der Waals surface area (Å²) in [5, 5.41) is 3.77. The number of nitrogens with one attached hydrogen (secondary N) is 1. The third-order valence-electron chi connectivity index (χ3n) is 4.73. The van der Waals surface area contributed by atoms with Crippen molar-refractivity contribution in [3.63, 3.8) is 0 Å². The number of piperazine rings is 1. The summed E-state index contributed by atoms with van der Waals surface area (Å²) in [7, 11) is 0. The number of alkyl halides is 1. The fourth-order valence-corrected chi connectivity index (χ4v) is 3.73. The van der Waals surface area contributed by atoms with Crippen LogP contribution in [0.15, 0.2) is 30.3 Å². The van der Waals surface area contributed by atoms with E-state index < -0.39 is 0 Å². The largest absolute Gasteiger partial charge is 0.308 e. The Bertz CT molecular complexity index is 400. The van der Waals surface area contributed by atoms with Crippen molar-refractivity contribution >= 4 is 0 Å². The first-order valence-electron chi connectivity index (χ1n) is 7.43. The topological polar surface area (TPSA) is 15.3 Å². The van der Waals surface area contributed by atoms with Crippen LogP contribution in [0, 0.1) is 0 Å². The molecule has 0 aromatic heterocycles. The van der Waals surface area contributed by atoms with Gasteiger partial charge in [-0.05, 0) is 18.4 Å². The maximum atomic E-state index is 12.9. The Labute approximate surface area is 115 Å². The molecule has 1 saturated carbocycles. The predicted octanol–water partition coefficient (Wildman–Crippen LogP) is 2.92. The van der Waals surface area contributed by atoms with Crippen LogP contribution in [0.5, 0.6) is 0 Å². The third kappa shape index (κ3) is 2.67. The Hall–Kier alpha value is -0.930. The number of benzene rings is 1. The van der Waals surface area contributed by atoms with Gasteiger partial charge < -0.3 is 5.32 Å². The molecule has 2 nitrogen and oxygen atoms in total. The minimum absolute atomic E-state index is 0.251. The van der Waals surface area contributed by atoms with Gasteiger partial charge in [0, 0.05) is 31.2 Å². The van der Waals surface area contributed by atoms with Crippen molar-refractivity contribution < 1.29 is 4.39 Å². The fourth-order valence-electron chi connectivity index (χ4n) is 3.73. The third-order valence-corrected chi connectivity index (χ3v) is 4.73. The van der Waals surface area contributed by atoms with Gasteiger partial charge >= 0.3 is 0 Å². The summed E-state index contributed by atoms with van der Waals surface area (Å²) < 4.78 is 12.9. The van der Waals surface area contributed by atoms with Gasteiger partial charge in [0.2, 0.25) is 0 Å². The van der Waals surface area contributed by atoms with Crippen LogP contribution < -0.4 is 5.32 Å². The summed E-state index contributed by atoms with van der Waals surface area (Å²) in [4.78, 5) is 2.34. The van der Waals surface area contributed by atoms with Gasteiger partial charge in [0.15, 0.2) is 0 Å². The van der Waals surface area contributed by atoms with Gasteiger partial charge in [-0.25, -0.2) is 4.39 Å². The van der Waals surface area contributed by atoms with Crippen LogP contribution in [0.25, 0.3) is 0 Å². The van der Waals surface area contributed by atoms with Crippen molar-refractivity contribution in [1.82, 2.24) is 10.2 Å². The minimum Gasteiger partial charge on any atom is -0.308 e. The van der Waals surface area contributed by atoms with Gasteiger partial charge in [0.25, 0.3) is 0 Å². The van der Waals surface area contributed by atoms with Crippen LogP contribution >= 0.6 is 0 Å². The maximum Gasteiger partial charge on any atom is 0.102 e. The van der Waals surface area contributed by atoms with Crippen molar-refractivity contribution in [3.8, 4) is 0 Å². The molecule has 2 fully saturated rings. The number of halogens is 1. The quantitative estimate of drug-likeness (QED) is 0.901. The van der Waals surface area contributed by atoms with E-state index in [2.05, 4.69) is 34.5 Å². The van der Waals surface area contributed by atoms with E-state index in [4.69, 9.17) is 0 Å². The van der Waals surface area contributed by atoms with Gasteiger partial charge in [0.1, 0.15) is 6.67 Å². The second kappa shape index (κ2) is 5.59. The molecule has 3 rings (SSSR count). The first-order valence-corrected chi connectivity index (χ1v) is 7.43. The van der Waals surface area contributed by atoms with E-state index in [1.165, 1.54) is 31.2 Å². The lowest BCUT2D eigenvalue weighted by Crippen LogP contribution is -2.60. The zero-order chi connectivity index (χ0) is 13.1. The summed E-state index contributed by atoms with van der Waals surface area (Å²) in [6.45, 7) is 2.25. The lowest BCUT2D eigenvalue weighted by atomic mass is 9.90. The first kappa shape index (κ1) is 13.1. The summed E-state index contributed by atoms with van der Waals surface area (Å²) in [5.41, 5.74) is 1.57. The molecule has 1 saturated heterocycles. The molecule has 1 aliphatic heterocycles. The van der Waals surface area contributed by atoms with Crippen LogP contribution in [0.4, 0.5) is 4.39 Å². The standard InChI is InChI=1S/C16H23FN2/c17-10-11-19-13-16(8-4-5-9-16)18-12-15(19)14-6-2-1-3-7-14/h1-3,6-7,15,18H,4-5,8-13H2. The zero-order valence-electron chi connectivity index (χ0n) is 11.4. The van der Waals surface area contributed by atoms with Gasteiger partial charge in [-0.2, -0.15) is 0 Å². The lowest BCUT2D eigenvalue weighted by Gasteiger charge is -2.46. The van der Waals surface area contributed by atoms with Crippen molar-refractivity contribution in [2.24, 2.45) is 0 Å². The van der Waals surface area contributed by atoms with E-state index in [9.17, 15) is 4.39 Å². The molecule has 104 valence electrons. The highest BCUT2D eigenvalue weighted by atomic mass is 19.1. The highest BCUT2D eigenvalue weighted by molar-refractivity contribution is 5.21. The van der Waals surface area contributed by atoms with Gasteiger partial charge in [-0.1, -0.05) is 43.2 Å². The smallest absolute Gasteiger partial charge is 0.102 e. The van der Waals surface area contributed by atoms with Crippen molar-refractivity contribution in [2.45, 2.75) is 37.3 Å². The highest BCUT2D eigenvalue weighted by Gasteiger charge is 2.41. The van der Waals surface area contributed by atoms with E-state index >= 15 is 0 Å². The number of nitrogens with zero attached hydrogens (tertiary/aromatic N) is 1. The lowest BCUT2D eigenvalue weighted by molar-refractivity contribution is 0.0745. The Morgan fingerprint density at radius 2 is 1.95 bits per heavy atom. The molecule has 0 radical (unpaired) electrons. The molecule has 2 aliphatic rings. The SMILES string of the molecule is FCCN1CC2(CCCC2)NCC1c1ccccc1. The molecular formula is C16H23FN2. The molecule has 1 aromatic carbocycles. The highest BCUT2D eigenvalue weighted by Crippen LogP contribution is 2.36. The maximum absolute atomic E-state index is 12.9. The van der Waals surface area contributed by atoms with Gasteiger partial charge in [-0.15, -0.1) is 0 Å². The number of rotatable bonds is 3. The van der Waals surface area contributed by atoms with Gasteiger partial charge in [0.05, 0.1) is 0 Å². The van der Waals surface area contributed by atoms with Crippen molar-refractivity contribution in [3.05, 3.63) is 35.9 Å². The Kier molecular flexibility index (Phi) is 3.85. The summed E-state index contributed by atoms with van der Waals surface area (Å²) >= 11 is 0. The molecule has 1 heterocycles. The van der Waals surface area contributed by atoms with Crippen LogP contribution in [0.2, 0.25) is 0 Å². The fraction of sp³-hybridized carbons (Fsp3) is 0.625. The molecule has 3 heteroatoms. The monoisotopic (exact) mass is 262 g/mol. The average molecular weight is 262 g/mol. The Morgan fingerprint density at radius 3 is 2.63 bits per heavy atom. The van der Waals surface area contributed by atoms with Crippen molar-refractivity contribution in [2.75, 3.05) is 26.3 Å². The average Bonchev–Trinajstić information content (AvgIpc) is 2.89. The van der Waals surface area contributed by atoms with Gasteiger partial charge in [-0.3, -0.25) is 4.90 Å². The molecule has 1 atom stereocenters. The van der Waals surface area contributed by atoms with Crippen LogP contribution in [-0.2, 0) is 0 Å². The van der Waals surface area contributed by atoms with E-state index in [1.54, 1.807) is 0 Å². The predicted molar refractivity (Wildman–Crippen MR) is 75.9 cm³/mol.